The molecule has 0 aromatic heterocycles. The standard InChI is InChI=1S/C15H24N2O3S/c1-3-20-11-10-17(2)21(18,19)15-8-4-13(5-9-15)12-16-14-6-7-14/h4-5,8-9,14,16H,3,6-7,10-12H2,1-2H3. The molecule has 0 heterocycles. The fourth-order valence-electron chi connectivity index (χ4n) is 1.97. The number of hydrogen-bond donors (Lipinski definition) is 1. The van der Waals surface area contributed by atoms with Crippen LogP contribution in [0.25, 0.3) is 0 Å². The average Bonchev–Trinajstić information content (AvgIpc) is 3.30. The molecule has 1 saturated carbocycles. The van der Waals surface area contributed by atoms with Crippen molar-refractivity contribution in [2.24, 2.45) is 0 Å². The van der Waals surface area contributed by atoms with Gasteiger partial charge in [0.2, 0.25) is 10.0 Å². The highest BCUT2D eigenvalue weighted by atomic mass is 32.2. The van der Waals surface area contributed by atoms with Crippen molar-refractivity contribution in [3.63, 3.8) is 0 Å². The van der Waals surface area contributed by atoms with Crippen molar-refractivity contribution in [3.8, 4) is 0 Å². The maximum atomic E-state index is 12.4. The van der Waals surface area contributed by atoms with Gasteiger partial charge in [-0.2, -0.15) is 4.31 Å². The molecule has 6 heteroatoms. The van der Waals surface area contributed by atoms with Crippen LogP contribution in [0.4, 0.5) is 0 Å². The van der Waals surface area contributed by atoms with Crippen molar-refractivity contribution in [3.05, 3.63) is 29.8 Å². The summed E-state index contributed by atoms with van der Waals surface area (Å²) in [6.45, 7) is 4.06. The molecule has 21 heavy (non-hydrogen) atoms. The predicted octanol–water partition coefficient (Wildman–Crippen LogP) is 1.60. The lowest BCUT2D eigenvalue weighted by Crippen LogP contribution is -2.30. The molecule has 2 rings (SSSR count). The number of likely N-dealkylation sites (N-methyl/N-ethyl adjacent to an activating group) is 1. The first-order valence-electron chi connectivity index (χ1n) is 7.40. The molecule has 0 radical (unpaired) electrons. The zero-order valence-electron chi connectivity index (χ0n) is 12.7. The SMILES string of the molecule is CCOCCN(C)S(=O)(=O)c1ccc(CNC2CC2)cc1. The molecule has 1 fully saturated rings. The van der Waals surface area contributed by atoms with E-state index in [-0.39, 0.29) is 0 Å². The smallest absolute Gasteiger partial charge is 0.242 e. The second-order valence-electron chi connectivity index (χ2n) is 5.32. The predicted molar refractivity (Wildman–Crippen MR) is 82.6 cm³/mol. The van der Waals surface area contributed by atoms with Gasteiger partial charge in [0, 0.05) is 32.8 Å². The second kappa shape index (κ2) is 7.35. The molecule has 1 N–H and O–H groups in total. The molecule has 1 aromatic rings. The topological polar surface area (TPSA) is 58.6 Å². The number of nitrogens with one attached hydrogen (secondary N) is 1. The third-order valence-electron chi connectivity index (χ3n) is 3.56. The Labute approximate surface area is 127 Å². The Morgan fingerprint density at radius 3 is 2.52 bits per heavy atom. The summed E-state index contributed by atoms with van der Waals surface area (Å²) in [6, 6.07) is 7.75. The molecule has 0 unspecified atom stereocenters. The lowest BCUT2D eigenvalue weighted by Gasteiger charge is -2.17. The van der Waals surface area contributed by atoms with Crippen LogP contribution in [0.1, 0.15) is 25.3 Å². The Morgan fingerprint density at radius 2 is 1.95 bits per heavy atom. The average molecular weight is 312 g/mol. The molecule has 1 aromatic carbocycles. The van der Waals surface area contributed by atoms with Crippen molar-refractivity contribution in [1.29, 1.82) is 0 Å². The maximum Gasteiger partial charge on any atom is 0.242 e. The highest BCUT2D eigenvalue weighted by Crippen LogP contribution is 2.20. The fraction of sp³-hybridized carbons (Fsp3) is 0.600. The minimum Gasteiger partial charge on any atom is -0.380 e. The van der Waals surface area contributed by atoms with Gasteiger partial charge in [-0.15, -0.1) is 0 Å². The van der Waals surface area contributed by atoms with Gasteiger partial charge in [0.05, 0.1) is 11.5 Å². The highest BCUT2D eigenvalue weighted by molar-refractivity contribution is 7.89. The van der Waals surface area contributed by atoms with E-state index in [2.05, 4.69) is 5.32 Å². The van der Waals surface area contributed by atoms with Crippen molar-refractivity contribution in [2.45, 2.75) is 37.2 Å². The van der Waals surface area contributed by atoms with Crippen LogP contribution in [0.5, 0.6) is 0 Å². The van der Waals surface area contributed by atoms with Crippen molar-refractivity contribution in [2.75, 3.05) is 26.8 Å². The van der Waals surface area contributed by atoms with E-state index in [1.807, 2.05) is 19.1 Å². The molecule has 0 aliphatic heterocycles. The van der Waals surface area contributed by atoms with E-state index in [0.717, 1.165) is 12.1 Å². The summed E-state index contributed by atoms with van der Waals surface area (Å²) in [4.78, 5) is 0.330. The first-order valence-corrected chi connectivity index (χ1v) is 8.84. The minimum absolute atomic E-state index is 0.330. The lowest BCUT2D eigenvalue weighted by atomic mass is 10.2. The molecular weight excluding hydrogens is 288 g/mol. The molecule has 0 atom stereocenters. The van der Waals surface area contributed by atoms with Crippen LogP contribution in [0.2, 0.25) is 0 Å². The van der Waals surface area contributed by atoms with E-state index in [9.17, 15) is 8.42 Å². The minimum atomic E-state index is -3.42. The molecule has 0 spiro atoms. The molecule has 1 aliphatic rings. The molecule has 118 valence electrons. The molecule has 5 nitrogen and oxygen atoms in total. The number of sulfonamides is 1. The quantitative estimate of drug-likeness (QED) is 0.704. The van der Waals surface area contributed by atoms with E-state index < -0.39 is 10.0 Å². The molecule has 1 aliphatic carbocycles. The lowest BCUT2D eigenvalue weighted by molar-refractivity contribution is 0.138. The first-order chi connectivity index (χ1) is 10.0. The van der Waals surface area contributed by atoms with Crippen molar-refractivity contribution in [1.82, 2.24) is 9.62 Å². The molecule has 0 bridgehead atoms. The van der Waals surface area contributed by atoms with Gasteiger partial charge in [-0.3, -0.25) is 0 Å². The Hall–Kier alpha value is -0.950. The Bertz CT molecular complexity index is 539. The van der Waals surface area contributed by atoms with E-state index in [4.69, 9.17) is 4.74 Å². The van der Waals surface area contributed by atoms with Gasteiger partial charge in [0.25, 0.3) is 0 Å². The van der Waals surface area contributed by atoms with Crippen LogP contribution in [-0.4, -0.2) is 45.6 Å². The summed E-state index contributed by atoms with van der Waals surface area (Å²) in [6.07, 6.45) is 2.49. The van der Waals surface area contributed by atoms with Gasteiger partial charge in [-0.1, -0.05) is 12.1 Å². The summed E-state index contributed by atoms with van der Waals surface area (Å²) in [5.74, 6) is 0. The Balaban J connectivity index is 1.94. The molecule has 0 amide bonds. The monoisotopic (exact) mass is 312 g/mol. The van der Waals surface area contributed by atoms with E-state index in [0.29, 0.717) is 30.7 Å². The number of rotatable bonds is 9. The van der Waals surface area contributed by atoms with Gasteiger partial charge < -0.3 is 10.1 Å². The van der Waals surface area contributed by atoms with Gasteiger partial charge >= 0.3 is 0 Å². The number of hydrogen-bond acceptors (Lipinski definition) is 4. The second-order valence-corrected chi connectivity index (χ2v) is 7.37. The van der Waals surface area contributed by atoms with Crippen LogP contribution in [0, 0.1) is 0 Å². The zero-order chi connectivity index (χ0) is 15.3. The summed E-state index contributed by atoms with van der Waals surface area (Å²) in [7, 11) is -1.84. The molecular formula is C15H24N2O3S. The van der Waals surface area contributed by atoms with Crippen LogP contribution in [0.15, 0.2) is 29.2 Å². The maximum absolute atomic E-state index is 12.4. The summed E-state index contributed by atoms with van der Waals surface area (Å²) in [5.41, 5.74) is 1.11. The number of nitrogens with zero attached hydrogens (tertiary/aromatic N) is 1. The third-order valence-corrected chi connectivity index (χ3v) is 5.43. The van der Waals surface area contributed by atoms with E-state index >= 15 is 0 Å². The Kier molecular flexibility index (Phi) is 5.75. The van der Waals surface area contributed by atoms with E-state index in [1.54, 1.807) is 19.2 Å². The zero-order valence-corrected chi connectivity index (χ0v) is 13.5. The summed E-state index contributed by atoms with van der Waals surface area (Å²) in [5, 5.41) is 3.41. The number of ether oxygens (including phenoxy) is 1. The van der Waals surface area contributed by atoms with Crippen LogP contribution in [-0.2, 0) is 21.3 Å². The highest BCUT2D eigenvalue weighted by Gasteiger charge is 2.21. The van der Waals surface area contributed by atoms with Gasteiger partial charge in [0.15, 0.2) is 0 Å². The van der Waals surface area contributed by atoms with Crippen LogP contribution in [0.3, 0.4) is 0 Å². The first kappa shape index (κ1) is 16.4. The Morgan fingerprint density at radius 1 is 1.29 bits per heavy atom. The van der Waals surface area contributed by atoms with E-state index in [1.165, 1.54) is 17.1 Å². The largest absolute Gasteiger partial charge is 0.380 e. The van der Waals surface area contributed by atoms with Crippen molar-refractivity contribution >= 4 is 10.0 Å². The van der Waals surface area contributed by atoms with Crippen molar-refractivity contribution < 1.29 is 13.2 Å². The summed E-state index contributed by atoms with van der Waals surface area (Å²) < 4.78 is 31.3. The van der Waals surface area contributed by atoms with Crippen LogP contribution >= 0.6 is 0 Å². The van der Waals surface area contributed by atoms with Gasteiger partial charge in [0.1, 0.15) is 0 Å². The summed E-state index contributed by atoms with van der Waals surface area (Å²) >= 11 is 0. The normalized spacial score (nSPS) is 15.6. The number of benzene rings is 1. The fourth-order valence-corrected chi connectivity index (χ4v) is 3.12. The molecule has 0 saturated heterocycles. The third kappa shape index (κ3) is 4.78. The van der Waals surface area contributed by atoms with Gasteiger partial charge in [-0.25, -0.2) is 8.42 Å². The van der Waals surface area contributed by atoms with Crippen LogP contribution < -0.4 is 5.32 Å². The van der Waals surface area contributed by atoms with Gasteiger partial charge in [-0.05, 0) is 37.5 Å².